The van der Waals surface area contributed by atoms with Crippen LogP contribution in [0.4, 0.5) is 5.82 Å². The van der Waals surface area contributed by atoms with Gasteiger partial charge in [0.2, 0.25) is 5.91 Å². The standard InChI is InChI=1S/C15H15ClN2O/c1-12(19)18(15-9-5-6-10-17-15)14(16)11-13-7-3-2-4-8-13/h2-10,14H,11H2,1H3. The molecule has 0 aliphatic rings. The second-order valence-corrected chi connectivity index (χ2v) is 4.70. The number of halogens is 1. The normalized spacial score (nSPS) is 11.9. The minimum atomic E-state index is -0.449. The average Bonchev–Trinajstić information content (AvgIpc) is 2.40. The van der Waals surface area contributed by atoms with Gasteiger partial charge in [0.1, 0.15) is 11.3 Å². The summed E-state index contributed by atoms with van der Waals surface area (Å²) in [7, 11) is 0. The minimum absolute atomic E-state index is 0.116. The van der Waals surface area contributed by atoms with E-state index in [1.54, 1.807) is 12.3 Å². The van der Waals surface area contributed by atoms with Gasteiger partial charge < -0.3 is 0 Å². The summed E-state index contributed by atoms with van der Waals surface area (Å²) in [6.07, 6.45) is 2.23. The molecule has 1 aromatic carbocycles. The summed E-state index contributed by atoms with van der Waals surface area (Å²) >= 11 is 6.38. The topological polar surface area (TPSA) is 33.2 Å². The van der Waals surface area contributed by atoms with Gasteiger partial charge in [0.05, 0.1) is 0 Å². The molecule has 0 aliphatic carbocycles. The third-order valence-corrected chi connectivity index (χ3v) is 3.11. The second kappa shape index (κ2) is 6.34. The van der Waals surface area contributed by atoms with E-state index in [9.17, 15) is 4.79 Å². The number of hydrogen-bond acceptors (Lipinski definition) is 2. The number of rotatable bonds is 4. The molecule has 0 spiro atoms. The van der Waals surface area contributed by atoms with Crippen molar-refractivity contribution in [3.63, 3.8) is 0 Å². The zero-order valence-corrected chi connectivity index (χ0v) is 11.4. The Morgan fingerprint density at radius 3 is 2.47 bits per heavy atom. The van der Waals surface area contributed by atoms with Crippen LogP contribution in [0.2, 0.25) is 0 Å². The number of hydrogen-bond donors (Lipinski definition) is 0. The molecular formula is C15H15ClN2O. The van der Waals surface area contributed by atoms with Crippen LogP contribution in [0.5, 0.6) is 0 Å². The third-order valence-electron chi connectivity index (χ3n) is 2.76. The van der Waals surface area contributed by atoms with Gasteiger partial charge in [0, 0.05) is 19.5 Å². The molecule has 0 radical (unpaired) electrons. The van der Waals surface area contributed by atoms with E-state index in [0.717, 1.165) is 5.56 Å². The number of anilines is 1. The van der Waals surface area contributed by atoms with Crippen molar-refractivity contribution < 1.29 is 4.79 Å². The zero-order chi connectivity index (χ0) is 13.7. The molecule has 1 aromatic heterocycles. The number of nitrogens with zero attached hydrogens (tertiary/aromatic N) is 2. The summed E-state index contributed by atoms with van der Waals surface area (Å²) in [5, 5.41) is 0. The maximum Gasteiger partial charge on any atom is 0.226 e. The van der Waals surface area contributed by atoms with Crippen molar-refractivity contribution in [3.8, 4) is 0 Å². The van der Waals surface area contributed by atoms with Gasteiger partial charge in [-0.3, -0.25) is 9.69 Å². The van der Waals surface area contributed by atoms with Crippen molar-refractivity contribution in [2.24, 2.45) is 0 Å². The molecule has 0 N–H and O–H groups in total. The van der Waals surface area contributed by atoms with Crippen LogP contribution in [0.25, 0.3) is 0 Å². The molecule has 1 unspecified atom stereocenters. The Kier molecular flexibility index (Phi) is 4.53. The van der Waals surface area contributed by atoms with Crippen LogP contribution >= 0.6 is 11.6 Å². The van der Waals surface area contributed by atoms with Crippen molar-refractivity contribution >= 4 is 23.3 Å². The van der Waals surface area contributed by atoms with Gasteiger partial charge in [0.25, 0.3) is 0 Å². The maximum atomic E-state index is 11.8. The van der Waals surface area contributed by atoms with Crippen molar-refractivity contribution in [3.05, 3.63) is 60.3 Å². The predicted molar refractivity (Wildman–Crippen MR) is 77.2 cm³/mol. The van der Waals surface area contributed by atoms with Crippen LogP contribution in [0.1, 0.15) is 12.5 Å². The summed E-state index contributed by atoms with van der Waals surface area (Å²) in [5.41, 5.74) is 0.638. The van der Waals surface area contributed by atoms with Gasteiger partial charge in [-0.2, -0.15) is 0 Å². The monoisotopic (exact) mass is 274 g/mol. The average molecular weight is 275 g/mol. The zero-order valence-electron chi connectivity index (χ0n) is 10.7. The summed E-state index contributed by atoms with van der Waals surface area (Å²) < 4.78 is 0. The Labute approximate surface area is 117 Å². The first kappa shape index (κ1) is 13.6. The number of pyridine rings is 1. The molecule has 0 bridgehead atoms. The van der Waals surface area contributed by atoms with Gasteiger partial charge in [-0.05, 0) is 17.7 Å². The van der Waals surface area contributed by atoms with Crippen LogP contribution in [0.3, 0.4) is 0 Å². The fourth-order valence-corrected chi connectivity index (χ4v) is 2.31. The number of carbonyl (C=O) groups excluding carboxylic acids is 1. The number of aromatic nitrogens is 1. The van der Waals surface area contributed by atoms with Crippen molar-refractivity contribution in [2.75, 3.05) is 4.90 Å². The molecule has 19 heavy (non-hydrogen) atoms. The summed E-state index contributed by atoms with van der Waals surface area (Å²) in [6.45, 7) is 1.50. The van der Waals surface area contributed by atoms with E-state index in [2.05, 4.69) is 4.98 Å². The fourth-order valence-electron chi connectivity index (χ4n) is 1.90. The smallest absolute Gasteiger partial charge is 0.226 e. The van der Waals surface area contributed by atoms with Crippen molar-refractivity contribution in [1.82, 2.24) is 4.98 Å². The number of alkyl halides is 1. The largest absolute Gasteiger partial charge is 0.279 e. The fraction of sp³-hybridized carbons (Fsp3) is 0.200. The molecular weight excluding hydrogens is 260 g/mol. The molecule has 0 saturated heterocycles. The molecule has 1 atom stereocenters. The molecule has 0 aliphatic heterocycles. The summed E-state index contributed by atoms with van der Waals surface area (Å²) in [5.74, 6) is 0.459. The minimum Gasteiger partial charge on any atom is -0.279 e. The Bertz CT molecular complexity index is 530. The molecule has 0 saturated carbocycles. The van der Waals surface area contributed by atoms with Crippen LogP contribution in [-0.2, 0) is 11.2 Å². The second-order valence-electron chi connectivity index (χ2n) is 4.20. The molecule has 2 rings (SSSR count). The highest BCUT2D eigenvalue weighted by atomic mass is 35.5. The van der Waals surface area contributed by atoms with E-state index >= 15 is 0 Å². The molecule has 2 aromatic rings. The first-order chi connectivity index (χ1) is 9.18. The van der Waals surface area contributed by atoms with E-state index in [0.29, 0.717) is 12.2 Å². The highest BCUT2D eigenvalue weighted by molar-refractivity contribution is 6.24. The van der Waals surface area contributed by atoms with Gasteiger partial charge >= 0.3 is 0 Å². The van der Waals surface area contributed by atoms with Gasteiger partial charge in [-0.15, -0.1) is 0 Å². The molecule has 98 valence electrons. The highest BCUT2D eigenvalue weighted by Crippen LogP contribution is 2.19. The van der Waals surface area contributed by atoms with E-state index in [1.165, 1.54) is 11.8 Å². The van der Waals surface area contributed by atoms with Crippen LogP contribution < -0.4 is 4.90 Å². The molecule has 3 nitrogen and oxygen atoms in total. The Morgan fingerprint density at radius 2 is 1.89 bits per heavy atom. The highest BCUT2D eigenvalue weighted by Gasteiger charge is 2.21. The lowest BCUT2D eigenvalue weighted by molar-refractivity contribution is -0.116. The SMILES string of the molecule is CC(=O)N(c1ccccn1)C(Cl)Cc1ccccc1. The van der Waals surface area contributed by atoms with Crippen LogP contribution in [0, 0.1) is 0 Å². The van der Waals surface area contributed by atoms with Crippen LogP contribution in [0.15, 0.2) is 54.7 Å². The van der Waals surface area contributed by atoms with Crippen molar-refractivity contribution in [2.45, 2.75) is 18.8 Å². The Morgan fingerprint density at radius 1 is 1.21 bits per heavy atom. The van der Waals surface area contributed by atoms with Gasteiger partial charge in [-0.25, -0.2) is 4.98 Å². The van der Waals surface area contributed by atoms with E-state index in [4.69, 9.17) is 11.6 Å². The lowest BCUT2D eigenvalue weighted by Crippen LogP contribution is -2.37. The summed E-state index contributed by atoms with van der Waals surface area (Å²) in [4.78, 5) is 17.5. The predicted octanol–water partition coefficient (Wildman–Crippen LogP) is 3.24. The van der Waals surface area contributed by atoms with Crippen LogP contribution in [-0.4, -0.2) is 16.4 Å². The molecule has 4 heteroatoms. The molecule has 0 fully saturated rings. The van der Waals surface area contributed by atoms with E-state index in [1.807, 2.05) is 42.5 Å². The lowest BCUT2D eigenvalue weighted by Gasteiger charge is -2.25. The van der Waals surface area contributed by atoms with E-state index < -0.39 is 5.50 Å². The van der Waals surface area contributed by atoms with Crippen molar-refractivity contribution in [1.29, 1.82) is 0 Å². The lowest BCUT2D eigenvalue weighted by atomic mass is 10.1. The first-order valence-corrected chi connectivity index (χ1v) is 6.51. The molecule has 1 amide bonds. The number of benzene rings is 1. The third kappa shape index (κ3) is 3.55. The van der Waals surface area contributed by atoms with Gasteiger partial charge in [0.15, 0.2) is 0 Å². The maximum absolute atomic E-state index is 11.8. The quantitative estimate of drug-likeness (QED) is 0.633. The molecule has 1 heterocycles. The Hall–Kier alpha value is -1.87. The number of carbonyl (C=O) groups is 1. The Balaban J connectivity index is 2.18. The summed E-state index contributed by atoms with van der Waals surface area (Å²) in [6, 6.07) is 15.3. The number of amides is 1. The van der Waals surface area contributed by atoms with Gasteiger partial charge in [-0.1, -0.05) is 48.0 Å². The van der Waals surface area contributed by atoms with E-state index in [-0.39, 0.29) is 5.91 Å². The first-order valence-electron chi connectivity index (χ1n) is 6.07.